The Morgan fingerprint density at radius 3 is 2.69 bits per heavy atom. The number of nitrogens with zero attached hydrogens (tertiary/aromatic N) is 2. The van der Waals surface area contributed by atoms with E-state index < -0.39 is 0 Å². The van der Waals surface area contributed by atoms with Crippen molar-refractivity contribution in [2.45, 2.75) is 58.0 Å². The zero-order valence-corrected chi connectivity index (χ0v) is 10.7. The van der Waals surface area contributed by atoms with E-state index in [4.69, 9.17) is 11.0 Å². The number of rotatable bonds is 4. The van der Waals surface area contributed by atoms with Crippen LogP contribution in [-0.4, -0.2) is 30.1 Å². The number of nitrogens with two attached hydrogens (primary N) is 1. The van der Waals surface area contributed by atoms with Gasteiger partial charge in [-0.2, -0.15) is 5.26 Å². The maximum atomic E-state index is 8.89. The lowest BCUT2D eigenvalue weighted by Gasteiger charge is -2.34. The normalized spacial score (nSPS) is 28.4. The molecule has 3 unspecified atom stereocenters. The molecule has 3 atom stereocenters. The molecule has 92 valence electrons. The van der Waals surface area contributed by atoms with E-state index in [1.807, 2.05) is 6.92 Å². The SMILES string of the molecule is CCN(CC(C)C#N)C1CCCCCC1N. The third kappa shape index (κ3) is 3.77. The van der Waals surface area contributed by atoms with Crippen molar-refractivity contribution in [3.63, 3.8) is 0 Å². The van der Waals surface area contributed by atoms with Gasteiger partial charge < -0.3 is 5.73 Å². The summed E-state index contributed by atoms with van der Waals surface area (Å²) in [5.41, 5.74) is 6.25. The van der Waals surface area contributed by atoms with Crippen molar-refractivity contribution in [2.75, 3.05) is 13.1 Å². The molecule has 0 amide bonds. The summed E-state index contributed by atoms with van der Waals surface area (Å²) in [6.45, 7) is 6.03. The average molecular weight is 223 g/mol. The molecule has 0 bridgehead atoms. The molecule has 16 heavy (non-hydrogen) atoms. The standard InChI is InChI=1S/C13H25N3/c1-3-16(10-11(2)9-14)13-8-6-4-5-7-12(13)15/h11-13H,3-8,10,15H2,1-2H3. The van der Waals surface area contributed by atoms with Crippen molar-refractivity contribution in [1.29, 1.82) is 5.26 Å². The molecule has 0 radical (unpaired) electrons. The quantitative estimate of drug-likeness (QED) is 0.743. The summed E-state index contributed by atoms with van der Waals surface area (Å²) in [7, 11) is 0. The van der Waals surface area contributed by atoms with E-state index in [0.29, 0.717) is 12.1 Å². The molecule has 3 heteroatoms. The Balaban J connectivity index is 2.58. The highest BCUT2D eigenvalue weighted by Crippen LogP contribution is 2.21. The Bertz CT molecular complexity index is 234. The first-order chi connectivity index (χ1) is 7.69. The molecular weight excluding hydrogens is 198 g/mol. The summed E-state index contributed by atoms with van der Waals surface area (Å²) >= 11 is 0. The molecule has 1 aliphatic carbocycles. The first kappa shape index (κ1) is 13.5. The van der Waals surface area contributed by atoms with Crippen LogP contribution in [0.4, 0.5) is 0 Å². The summed E-state index contributed by atoms with van der Waals surface area (Å²) in [4.78, 5) is 2.41. The predicted octanol–water partition coefficient (Wildman–Crippen LogP) is 2.13. The fraction of sp³-hybridized carbons (Fsp3) is 0.923. The minimum absolute atomic E-state index is 0.107. The van der Waals surface area contributed by atoms with Gasteiger partial charge in [0.2, 0.25) is 0 Å². The molecule has 1 rings (SSSR count). The lowest BCUT2D eigenvalue weighted by molar-refractivity contribution is 0.159. The molecule has 0 aromatic carbocycles. The van der Waals surface area contributed by atoms with E-state index in [1.54, 1.807) is 0 Å². The van der Waals surface area contributed by atoms with E-state index in [2.05, 4.69) is 17.9 Å². The van der Waals surface area contributed by atoms with E-state index in [9.17, 15) is 0 Å². The first-order valence-electron chi connectivity index (χ1n) is 6.58. The lowest BCUT2D eigenvalue weighted by atomic mass is 10.0. The van der Waals surface area contributed by atoms with E-state index in [1.165, 1.54) is 25.7 Å². The summed E-state index contributed by atoms with van der Waals surface area (Å²) in [6.07, 6.45) is 6.21. The third-order valence-corrected chi connectivity index (χ3v) is 3.64. The smallest absolute Gasteiger partial charge is 0.0666 e. The molecular formula is C13H25N3. The maximum absolute atomic E-state index is 8.89. The van der Waals surface area contributed by atoms with Gasteiger partial charge in [0.05, 0.1) is 12.0 Å². The molecule has 0 spiro atoms. The van der Waals surface area contributed by atoms with Crippen molar-refractivity contribution in [3.05, 3.63) is 0 Å². The van der Waals surface area contributed by atoms with Crippen LogP contribution in [0.1, 0.15) is 46.0 Å². The third-order valence-electron chi connectivity index (χ3n) is 3.64. The van der Waals surface area contributed by atoms with Crippen LogP contribution in [0.5, 0.6) is 0 Å². The van der Waals surface area contributed by atoms with Crippen LogP contribution in [0.3, 0.4) is 0 Å². The van der Waals surface area contributed by atoms with Crippen molar-refractivity contribution in [2.24, 2.45) is 11.7 Å². The van der Waals surface area contributed by atoms with Gasteiger partial charge in [-0.05, 0) is 26.3 Å². The number of likely N-dealkylation sites (N-methyl/N-ethyl adjacent to an activating group) is 1. The molecule has 1 saturated carbocycles. The van der Waals surface area contributed by atoms with Crippen LogP contribution in [0.25, 0.3) is 0 Å². The van der Waals surface area contributed by atoms with Gasteiger partial charge in [0.1, 0.15) is 0 Å². The van der Waals surface area contributed by atoms with Crippen molar-refractivity contribution in [1.82, 2.24) is 4.90 Å². The zero-order chi connectivity index (χ0) is 12.0. The monoisotopic (exact) mass is 223 g/mol. The second-order valence-electron chi connectivity index (χ2n) is 4.99. The Kier molecular flexibility index (Phi) is 5.79. The van der Waals surface area contributed by atoms with E-state index in [0.717, 1.165) is 19.5 Å². The summed E-state index contributed by atoms with van der Waals surface area (Å²) in [5.74, 6) is 0.107. The lowest BCUT2D eigenvalue weighted by Crippen LogP contribution is -2.48. The van der Waals surface area contributed by atoms with Crippen molar-refractivity contribution in [3.8, 4) is 6.07 Å². The minimum Gasteiger partial charge on any atom is -0.326 e. The molecule has 2 N–H and O–H groups in total. The van der Waals surface area contributed by atoms with Gasteiger partial charge in [0, 0.05) is 18.6 Å². The van der Waals surface area contributed by atoms with Gasteiger partial charge in [-0.1, -0.05) is 26.2 Å². The van der Waals surface area contributed by atoms with Crippen LogP contribution >= 0.6 is 0 Å². The molecule has 0 saturated heterocycles. The van der Waals surface area contributed by atoms with Crippen LogP contribution < -0.4 is 5.73 Å². The number of hydrogen-bond donors (Lipinski definition) is 1. The fourth-order valence-corrected chi connectivity index (χ4v) is 2.66. The highest BCUT2D eigenvalue weighted by molar-refractivity contribution is 4.88. The van der Waals surface area contributed by atoms with Gasteiger partial charge >= 0.3 is 0 Å². The molecule has 0 aliphatic heterocycles. The van der Waals surface area contributed by atoms with Crippen LogP contribution in [0.2, 0.25) is 0 Å². The second kappa shape index (κ2) is 6.88. The largest absolute Gasteiger partial charge is 0.326 e. The highest BCUT2D eigenvalue weighted by atomic mass is 15.2. The number of hydrogen-bond acceptors (Lipinski definition) is 3. The first-order valence-corrected chi connectivity index (χ1v) is 6.58. The molecule has 1 aliphatic rings. The molecule has 3 nitrogen and oxygen atoms in total. The van der Waals surface area contributed by atoms with E-state index >= 15 is 0 Å². The van der Waals surface area contributed by atoms with Gasteiger partial charge in [0.15, 0.2) is 0 Å². The van der Waals surface area contributed by atoms with Crippen molar-refractivity contribution >= 4 is 0 Å². The van der Waals surface area contributed by atoms with E-state index in [-0.39, 0.29) is 5.92 Å². The summed E-state index contributed by atoms with van der Waals surface area (Å²) in [5, 5.41) is 8.89. The molecule has 0 aromatic rings. The fourth-order valence-electron chi connectivity index (χ4n) is 2.66. The highest BCUT2D eigenvalue weighted by Gasteiger charge is 2.26. The number of nitriles is 1. The summed E-state index contributed by atoms with van der Waals surface area (Å²) < 4.78 is 0. The summed E-state index contributed by atoms with van der Waals surface area (Å²) in [6, 6.07) is 3.11. The van der Waals surface area contributed by atoms with Gasteiger partial charge in [-0.15, -0.1) is 0 Å². The van der Waals surface area contributed by atoms with Gasteiger partial charge in [-0.25, -0.2) is 0 Å². The Morgan fingerprint density at radius 2 is 2.06 bits per heavy atom. The van der Waals surface area contributed by atoms with Gasteiger partial charge in [-0.3, -0.25) is 4.90 Å². The minimum atomic E-state index is 0.107. The maximum Gasteiger partial charge on any atom is 0.0666 e. The van der Waals surface area contributed by atoms with Crippen LogP contribution in [-0.2, 0) is 0 Å². The van der Waals surface area contributed by atoms with Crippen LogP contribution in [0.15, 0.2) is 0 Å². The average Bonchev–Trinajstić information content (AvgIpc) is 2.50. The predicted molar refractivity (Wildman–Crippen MR) is 66.9 cm³/mol. The Morgan fingerprint density at radius 1 is 1.38 bits per heavy atom. The van der Waals surface area contributed by atoms with Crippen molar-refractivity contribution < 1.29 is 0 Å². The molecule has 0 heterocycles. The second-order valence-corrected chi connectivity index (χ2v) is 4.99. The Hall–Kier alpha value is -0.590. The Labute approximate surface area is 99.6 Å². The van der Waals surface area contributed by atoms with Gasteiger partial charge in [0.25, 0.3) is 0 Å². The molecule has 0 aromatic heterocycles. The topological polar surface area (TPSA) is 53.0 Å². The van der Waals surface area contributed by atoms with Crippen LogP contribution in [0, 0.1) is 17.2 Å². The zero-order valence-electron chi connectivity index (χ0n) is 10.7. The molecule has 1 fully saturated rings.